The van der Waals surface area contributed by atoms with Crippen LogP contribution in [0.2, 0.25) is 0 Å². The average Bonchev–Trinajstić information content (AvgIpc) is 2.92. The van der Waals surface area contributed by atoms with Crippen LogP contribution in [-0.2, 0) is 9.59 Å². The van der Waals surface area contributed by atoms with Crippen LogP contribution in [0.25, 0.3) is 0 Å². The van der Waals surface area contributed by atoms with Crippen LogP contribution >= 0.6 is 0 Å². The molecule has 1 saturated carbocycles. The molecule has 0 aromatic carbocycles. The third-order valence-electron chi connectivity index (χ3n) is 3.86. The summed E-state index contributed by atoms with van der Waals surface area (Å²) in [7, 11) is 0. The van der Waals surface area contributed by atoms with E-state index in [-0.39, 0.29) is 18.5 Å². The van der Waals surface area contributed by atoms with Crippen LogP contribution in [-0.4, -0.2) is 54.2 Å². The Morgan fingerprint density at radius 2 is 2.00 bits per heavy atom. The first-order valence-electron chi connectivity index (χ1n) is 7.36. The highest BCUT2D eigenvalue weighted by Crippen LogP contribution is 2.17. The molecule has 1 unspecified atom stereocenters. The van der Waals surface area contributed by atoms with E-state index in [4.69, 9.17) is 0 Å². The molecule has 1 heterocycles. The minimum absolute atomic E-state index is 0.116. The Kier molecular flexibility index (Phi) is 5.38. The first-order chi connectivity index (χ1) is 10.1. The van der Waals surface area contributed by atoms with Gasteiger partial charge in [-0.1, -0.05) is 19.3 Å². The van der Waals surface area contributed by atoms with Crippen LogP contribution < -0.4 is 21.3 Å². The molecular weight excluding hydrogens is 276 g/mol. The van der Waals surface area contributed by atoms with E-state index in [0.717, 1.165) is 25.7 Å². The Morgan fingerprint density at radius 1 is 1.29 bits per heavy atom. The minimum atomic E-state index is -0.989. The number of nitrogens with one attached hydrogen (secondary N) is 4. The Balaban J connectivity index is 1.82. The van der Waals surface area contributed by atoms with Crippen molar-refractivity contribution in [3.63, 3.8) is 0 Å². The van der Waals surface area contributed by atoms with Crippen molar-refractivity contribution in [1.82, 2.24) is 21.3 Å². The van der Waals surface area contributed by atoms with E-state index < -0.39 is 30.6 Å². The molecule has 0 spiro atoms. The number of hydrogen-bond acceptors (Lipinski definition) is 4. The lowest BCUT2D eigenvalue weighted by molar-refractivity contribution is -0.131. The fourth-order valence-electron chi connectivity index (χ4n) is 2.63. The van der Waals surface area contributed by atoms with E-state index in [0.29, 0.717) is 0 Å². The zero-order chi connectivity index (χ0) is 15.2. The number of rotatable bonds is 5. The van der Waals surface area contributed by atoms with Crippen molar-refractivity contribution in [2.45, 2.75) is 50.2 Å². The fourth-order valence-corrected chi connectivity index (χ4v) is 2.63. The summed E-state index contributed by atoms with van der Waals surface area (Å²) in [6.45, 7) is -0.300. The molecule has 8 heteroatoms. The molecule has 0 radical (unpaired) electrons. The van der Waals surface area contributed by atoms with E-state index in [1.807, 2.05) is 0 Å². The second-order valence-corrected chi connectivity index (χ2v) is 5.49. The third-order valence-corrected chi connectivity index (χ3v) is 3.86. The second kappa shape index (κ2) is 7.26. The maximum atomic E-state index is 12.1. The molecule has 2 aliphatic rings. The van der Waals surface area contributed by atoms with Crippen molar-refractivity contribution >= 4 is 17.8 Å². The SMILES string of the molecule is O=C1NCC(C(=O)N[C@@H](CO)C(=O)NC2CCCCC2)N1. The van der Waals surface area contributed by atoms with Crippen molar-refractivity contribution in [3.05, 3.63) is 0 Å². The predicted octanol–water partition coefficient (Wildman–Crippen LogP) is -1.41. The molecule has 118 valence electrons. The largest absolute Gasteiger partial charge is 0.394 e. The highest BCUT2D eigenvalue weighted by molar-refractivity contribution is 5.93. The molecule has 8 nitrogen and oxygen atoms in total. The number of amides is 4. The van der Waals surface area contributed by atoms with E-state index in [1.54, 1.807) is 0 Å². The van der Waals surface area contributed by atoms with Gasteiger partial charge in [-0.05, 0) is 12.8 Å². The van der Waals surface area contributed by atoms with Gasteiger partial charge in [-0.15, -0.1) is 0 Å². The van der Waals surface area contributed by atoms with Gasteiger partial charge in [0.25, 0.3) is 0 Å². The first kappa shape index (κ1) is 15.6. The maximum absolute atomic E-state index is 12.1. The van der Waals surface area contributed by atoms with Crippen LogP contribution in [0.15, 0.2) is 0 Å². The molecule has 0 bridgehead atoms. The number of carbonyl (C=O) groups excluding carboxylic acids is 3. The molecule has 4 amide bonds. The number of aliphatic hydroxyl groups excluding tert-OH is 1. The lowest BCUT2D eigenvalue weighted by Crippen LogP contribution is -2.55. The summed E-state index contributed by atoms with van der Waals surface area (Å²) < 4.78 is 0. The standard InChI is InChI=1S/C13H22N4O4/c18-7-10(12(20)15-8-4-2-1-3-5-8)16-11(19)9-6-14-13(21)17-9/h8-10,18H,1-7H2,(H,15,20)(H,16,19)(H2,14,17,21)/t9?,10-/m0/s1. The predicted molar refractivity (Wildman–Crippen MR) is 74.4 cm³/mol. The number of aliphatic hydroxyl groups is 1. The van der Waals surface area contributed by atoms with Crippen LogP contribution in [0.1, 0.15) is 32.1 Å². The van der Waals surface area contributed by atoms with Gasteiger partial charge >= 0.3 is 6.03 Å². The average molecular weight is 298 g/mol. The summed E-state index contributed by atoms with van der Waals surface area (Å²) in [6, 6.07) is -2.00. The van der Waals surface area contributed by atoms with Crippen LogP contribution in [0.3, 0.4) is 0 Å². The van der Waals surface area contributed by atoms with E-state index in [2.05, 4.69) is 21.3 Å². The topological polar surface area (TPSA) is 120 Å². The van der Waals surface area contributed by atoms with Crippen LogP contribution in [0, 0.1) is 0 Å². The minimum Gasteiger partial charge on any atom is -0.394 e. The molecule has 21 heavy (non-hydrogen) atoms. The highest BCUT2D eigenvalue weighted by atomic mass is 16.3. The molecule has 0 aromatic rings. The summed E-state index contributed by atoms with van der Waals surface area (Å²) in [5.41, 5.74) is 0. The lowest BCUT2D eigenvalue weighted by atomic mass is 9.95. The Morgan fingerprint density at radius 3 is 2.57 bits per heavy atom. The van der Waals surface area contributed by atoms with Crippen molar-refractivity contribution in [2.75, 3.05) is 13.2 Å². The number of urea groups is 1. The summed E-state index contributed by atoms with van der Waals surface area (Å²) in [4.78, 5) is 34.9. The van der Waals surface area contributed by atoms with Crippen molar-refractivity contribution in [3.8, 4) is 0 Å². The molecular formula is C13H22N4O4. The molecule has 1 aliphatic heterocycles. The van der Waals surface area contributed by atoms with Gasteiger partial charge in [0.05, 0.1) is 6.61 Å². The van der Waals surface area contributed by atoms with Gasteiger partial charge in [0, 0.05) is 12.6 Å². The second-order valence-electron chi connectivity index (χ2n) is 5.49. The summed E-state index contributed by atoms with van der Waals surface area (Å²) in [6.07, 6.45) is 5.21. The number of hydrogen-bond donors (Lipinski definition) is 5. The Hall–Kier alpha value is -1.83. The lowest BCUT2D eigenvalue weighted by Gasteiger charge is -2.25. The summed E-state index contributed by atoms with van der Waals surface area (Å²) in [5.74, 6) is -0.860. The van der Waals surface area contributed by atoms with Crippen molar-refractivity contribution < 1.29 is 19.5 Å². The van der Waals surface area contributed by atoms with Gasteiger partial charge in [-0.3, -0.25) is 9.59 Å². The van der Waals surface area contributed by atoms with Crippen LogP contribution in [0.4, 0.5) is 4.79 Å². The van der Waals surface area contributed by atoms with E-state index in [9.17, 15) is 19.5 Å². The maximum Gasteiger partial charge on any atom is 0.315 e. The van der Waals surface area contributed by atoms with Crippen molar-refractivity contribution in [1.29, 1.82) is 0 Å². The number of carbonyl (C=O) groups is 3. The zero-order valence-electron chi connectivity index (χ0n) is 11.9. The van der Waals surface area contributed by atoms with Gasteiger partial charge < -0.3 is 26.4 Å². The third kappa shape index (κ3) is 4.32. The normalized spacial score (nSPS) is 23.9. The van der Waals surface area contributed by atoms with Gasteiger partial charge in [-0.2, -0.15) is 0 Å². The van der Waals surface area contributed by atoms with Crippen LogP contribution in [0.5, 0.6) is 0 Å². The van der Waals surface area contributed by atoms with Gasteiger partial charge in [-0.25, -0.2) is 4.79 Å². The van der Waals surface area contributed by atoms with Gasteiger partial charge in [0.1, 0.15) is 12.1 Å². The Bertz CT molecular complexity index is 409. The molecule has 0 aromatic heterocycles. The monoisotopic (exact) mass is 298 g/mol. The highest BCUT2D eigenvalue weighted by Gasteiger charge is 2.30. The molecule has 2 atom stereocenters. The van der Waals surface area contributed by atoms with E-state index in [1.165, 1.54) is 6.42 Å². The van der Waals surface area contributed by atoms with E-state index >= 15 is 0 Å². The summed E-state index contributed by atoms with van der Waals surface area (Å²) >= 11 is 0. The summed E-state index contributed by atoms with van der Waals surface area (Å²) in [5, 5.41) is 19.5. The van der Waals surface area contributed by atoms with Crippen molar-refractivity contribution in [2.24, 2.45) is 0 Å². The van der Waals surface area contributed by atoms with Gasteiger partial charge in [0.2, 0.25) is 11.8 Å². The van der Waals surface area contributed by atoms with Gasteiger partial charge in [0.15, 0.2) is 0 Å². The first-order valence-corrected chi connectivity index (χ1v) is 7.36. The fraction of sp³-hybridized carbons (Fsp3) is 0.769. The Labute approximate surface area is 123 Å². The zero-order valence-corrected chi connectivity index (χ0v) is 11.9. The molecule has 1 aliphatic carbocycles. The smallest absolute Gasteiger partial charge is 0.315 e. The quantitative estimate of drug-likeness (QED) is 0.428. The molecule has 1 saturated heterocycles. The molecule has 2 rings (SSSR count). The molecule has 2 fully saturated rings. The molecule has 5 N–H and O–H groups in total.